The van der Waals surface area contributed by atoms with Gasteiger partial charge < -0.3 is 10.1 Å². The molecule has 17 heavy (non-hydrogen) atoms. The molecule has 0 saturated heterocycles. The first-order valence-corrected chi connectivity index (χ1v) is 6.65. The van der Waals surface area contributed by atoms with Crippen molar-refractivity contribution in [2.45, 2.75) is 45.1 Å². The Kier molecular flexibility index (Phi) is 4.24. The Labute approximate surface area is 104 Å². The Hall–Kier alpha value is -1.25. The molecule has 3 heteroatoms. The lowest BCUT2D eigenvalue weighted by Gasteiger charge is -2.30. The van der Waals surface area contributed by atoms with E-state index in [4.69, 9.17) is 4.74 Å². The zero-order valence-electron chi connectivity index (χ0n) is 10.8. The summed E-state index contributed by atoms with van der Waals surface area (Å²) in [6, 6.07) is 5.88. The van der Waals surface area contributed by atoms with Crippen molar-refractivity contribution in [3.63, 3.8) is 0 Å². The minimum Gasteiger partial charge on any atom is -0.474 e. The van der Waals surface area contributed by atoms with Crippen LogP contribution in [0.5, 0.6) is 5.88 Å². The highest BCUT2D eigenvalue weighted by Gasteiger charge is 2.25. The molecule has 1 saturated carbocycles. The molecule has 94 valence electrons. The second kappa shape index (κ2) is 5.89. The number of rotatable bonds is 4. The number of anilines is 1. The minimum absolute atomic E-state index is 0.355. The van der Waals surface area contributed by atoms with Crippen molar-refractivity contribution in [2.75, 3.05) is 12.4 Å². The molecular formula is C14H22N2O. The fourth-order valence-electron chi connectivity index (χ4n) is 2.57. The molecule has 1 N–H and O–H groups in total. The molecule has 1 aliphatic carbocycles. The van der Waals surface area contributed by atoms with E-state index in [1.807, 2.05) is 25.2 Å². The van der Waals surface area contributed by atoms with Gasteiger partial charge >= 0.3 is 0 Å². The molecule has 1 aliphatic rings. The van der Waals surface area contributed by atoms with Gasteiger partial charge in [-0.05, 0) is 37.7 Å². The summed E-state index contributed by atoms with van der Waals surface area (Å²) >= 11 is 0. The van der Waals surface area contributed by atoms with Gasteiger partial charge in [0.1, 0.15) is 11.9 Å². The lowest BCUT2D eigenvalue weighted by Crippen LogP contribution is -2.30. The molecule has 0 radical (unpaired) electrons. The van der Waals surface area contributed by atoms with Crippen LogP contribution in [-0.4, -0.2) is 18.1 Å². The van der Waals surface area contributed by atoms with Crippen molar-refractivity contribution in [3.8, 4) is 5.88 Å². The van der Waals surface area contributed by atoms with Crippen LogP contribution >= 0.6 is 0 Å². The Bertz CT molecular complexity index is 354. The predicted molar refractivity (Wildman–Crippen MR) is 70.4 cm³/mol. The fourth-order valence-corrected chi connectivity index (χ4v) is 2.57. The third-order valence-electron chi connectivity index (χ3n) is 3.62. The number of pyridine rings is 1. The van der Waals surface area contributed by atoms with Gasteiger partial charge in [-0.25, -0.2) is 0 Å². The molecule has 1 aromatic heterocycles. The topological polar surface area (TPSA) is 34.1 Å². The van der Waals surface area contributed by atoms with Gasteiger partial charge in [-0.15, -0.1) is 0 Å². The van der Waals surface area contributed by atoms with E-state index < -0.39 is 0 Å². The van der Waals surface area contributed by atoms with E-state index in [0.717, 1.165) is 11.7 Å². The number of nitrogens with zero attached hydrogens (tertiary/aromatic N) is 1. The van der Waals surface area contributed by atoms with E-state index in [9.17, 15) is 0 Å². The van der Waals surface area contributed by atoms with E-state index in [2.05, 4.69) is 17.2 Å². The van der Waals surface area contributed by atoms with Crippen molar-refractivity contribution in [1.82, 2.24) is 4.98 Å². The lowest BCUT2D eigenvalue weighted by atomic mass is 9.85. The van der Waals surface area contributed by atoms with E-state index in [1.54, 1.807) is 0 Å². The van der Waals surface area contributed by atoms with Crippen LogP contribution in [0.2, 0.25) is 0 Å². The van der Waals surface area contributed by atoms with Crippen LogP contribution in [0.3, 0.4) is 0 Å². The molecule has 2 rings (SSSR count). The molecule has 0 spiro atoms. The van der Waals surface area contributed by atoms with Crippen molar-refractivity contribution in [3.05, 3.63) is 18.2 Å². The summed E-state index contributed by atoms with van der Waals surface area (Å²) in [5, 5.41) is 3.04. The highest BCUT2D eigenvalue weighted by molar-refractivity contribution is 5.36. The molecule has 2 unspecified atom stereocenters. The average Bonchev–Trinajstić information content (AvgIpc) is 2.39. The third kappa shape index (κ3) is 3.11. The van der Waals surface area contributed by atoms with Gasteiger partial charge in [0.2, 0.25) is 5.88 Å². The number of aromatic nitrogens is 1. The van der Waals surface area contributed by atoms with Crippen LogP contribution < -0.4 is 10.1 Å². The summed E-state index contributed by atoms with van der Waals surface area (Å²) < 4.78 is 6.05. The first kappa shape index (κ1) is 12.2. The van der Waals surface area contributed by atoms with Crippen LogP contribution in [-0.2, 0) is 0 Å². The number of ether oxygens (including phenoxy) is 1. The van der Waals surface area contributed by atoms with E-state index in [0.29, 0.717) is 12.0 Å². The predicted octanol–water partition coefficient (Wildman–Crippen LogP) is 3.47. The molecule has 3 nitrogen and oxygen atoms in total. The van der Waals surface area contributed by atoms with Crippen molar-refractivity contribution in [1.29, 1.82) is 0 Å². The summed E-state index contributed by atoms with van der Waals surface area (Å²) in [5.41, 5.74) is 0. The summed E-state index contributed by atoms with van der Waals surface area (Å²) in [6.45, 7) is 2.25. The Morgan fingerprint density at radius 3 is 2.94 bits per heavy atom. The molecule has 0 aliphatic heterocycles. The zero-order chi connectivity index (χ0) is 12.1. The van der Waals surface area contributed by atoms with Crippen molar-refractivity contribution < 1.29 is 4.74 Å². The lowest BCUT2D eigenvalue weighted by molar-refractivity contribution is 0.0860. The normalized spacial score (nSPS) is 24.4. The van der Waals surface area contributed by atoms with Gasteiger partial charge in [-0.2, -0.15) is 4.98 Å². The third-order valence-corrected chi connectivity index (χ3v) is 3.62. The maximum Gasteiger partial charge on any atom is 0.215 e. The molecule has 0 aromatic carbocycles. The van der Waals surface area contributed by atoms with Crippen LogP contribution in [0.15, 0.2) is 18.2 Å². The number of nitrogens with one attached hydrogen (secondary N) is 1. The van der Waals surface area contributed by atoms with Gasteiger partial charge in [0.05, 0.1) is 0 Å². The van der Waals surface area contributed by atoms with Crippen LogP contribution in [0.4, 0.5) is 5.82 Å². The molecule has 1 fully saturated rings. The summed E-state index contributed by atoms with van der Waals surface area (Å²) in [6.07, 6.45) is 6.66. The molecule has 1 aromatic rings. The van der Waals surface area contributed by atoms with Crippen molar-refractivity contribution >= 4 is 5.82 Å². The molecule has 2 atom stereocenters. The van der Waals surface area contributed by atoms with Crippen LogP contribution in [0, 0.1) is 5.92 Å². The molecule has 0 bridgehead atoms. The van der Waals surface area contributed by atoms with Gasteiger partial charge in [-0.3, -0.25) is 0 Å². The standard InChI is InChI=1S/C14H22N2O/c1-3-11-7-4-5-8-12(11)17-14-10-6-9-13(15-2)16-14/h6,9-12H,3-5,7-8H2,1-2H3,(H,15,16). The first-order chi connectivity index (χ1) is 8.33. The Morgan fingerprint density at radius 1 is 1.35 bits per heavy atom. The monoisotopic (exact) mass is 234 g/mol. The minimum atomic E-state index is 0.355. The molecule has 1 heterocycles. The van der Waals surface area contributed by atoms with E-state index >= 15 is 0 Å². The number of hydrogen-bond acceptors (Lipinski definition) is 3. The van der Waals surface area contributed by atoms with Crippen molar-refractivity contribution in [2.24, 2.45) is 5.92 Å². The summed E-state index contributed by atoms with van der Waals surface area (Å²) in [4.78, 5) is 4.42. The van der Waals surface area contributed by atoms with Gasteiger partial charge in [0.25, 0.3) is 0 Å². The molecule has 0 amide bonds. The Morgan fingerprint density at radius 2 is 2.18 bits per heavy atom. The average molecular weight is 234 g/mol. The van der Waals surface area contributed by atoms with E-state index in [-0.39, 0.29) is 0 Å². The smallest absolute Gasteiger partial charge is 0.215 e. The van der Waals surface area contributed by atoms with Gasteiger partial charge in [-0.1, -0.05) is 19.4 Å². The fraction of sp³-hybridized carbons (Fsp3) is 0.643. The zero-order valence-corrected chi connectivity index (χ0v) is 10.8. The maximum absolute atomic E-state index is 6.05. The van der Waals surface area contributed by atoms with Gasteiger partial charge in [0, 0.05) is 13.1 Å². The number of hydrogen-bond donors (Lipinski definition) is 1. The maximum atomic E-state index is 6.05. The van der Waals surface area contributed by atoms with Gasteiger partial charge in [0.15, 0.2) is 0 Å². The summed E-state index contributed by atoms with van der Waals surface area (Å²) in [5.74, 6) is 2.32. The van der Waals surface area contributed by atoms with E-state index in [1.165, 1.54) is 32.1 Å². The highest BCUT2D eigenvalue weighted by Crippen LogP contribution is 2.30. The van der Waals surface area contributed by atoms with Crippen LogP contribution in [0.1, 0.15) is 39.0 Å². The summed E-state index contributed by atoms with van der Waals surface area (Å²) in [7, 11) is 1.88. The molecular weight excluding hydrogens is 212 g/mol. The largest absolute Gasteiger partial charge is 0.474 e. The second-order valence-electron chi connectivity index (χ2n) is 4.72. The first-order valence-electron chi connectivity index (χ1n) is 6.65. The second-order valence-corrected chi connectivity index (χ2v) is 4.72. The highest BCUT2D eigenvalue weighted by atomic mass is 16.5. The van der Waals surface area contributed by atoms with Crippen LogP contribution in [0.25, 0.3) is 0 Å². The quantitative estimate of drug-likeness (QED) is 0.866. The Balaban J connectivity index is 2.02. The SMILES string of the molecule is CCC1CCCCC1Oc1cccc(NC)n1.